The standard InChI is InChI=1S/C17H17FN2O2/c1-12(21)20-11-5-8-15(20)14-7-4-10-17(19-14)22-16-9-3-2-6-13(16)18/h2-4,6-7,9-10,15H,5,8,11H2,1H3/t15-/m0/s1. The van der Waals surface area contributed by atoms with Gasteiger partial charge in [0.1, 0.15) is 0 Å². The molecule has 1 aromatic heterocycles. The summed E-state index contributed by atoms with van der Waals surface area (Å²) in [6, 6.07) is 11.6. The minimum absolute atomic E-state index is 0.0262. The quantitative estimate of drug-likeness (QED) is 0.868. The maximum atomic E-state index is 13.6. The van der Waals surface area contributed by atoms with E-state index in [0.717, 1.165) is 25.1 Å². The number of ether oxygens (including phenoxy) is 1. The first-order chi connectivity index (χ1) is 10.6. The Morgan fingerprint density at radius 2 is 2.09 bits per heavy atom. The van der Waals surface area contributed by atoms with E-state index in [2.05, 4.69) is 4.98 Å². The number of rotatable bonds is 3. The Morgan fingerprint density at radius 1 is 1.27 bits per heavy atom. The molecule has 4 nitrogen and oxygen atoms in total. The number of amides is 1. The molecule has 0 spiro atoms. The van der Waals surface area contributed by atoms with Gasteiger partial charge < -0.3 is 9.64 Å². The molecule has 0 radical (unpaired) electrons. The fourth-order valence-electron chi connectivity index (χ4n) is 2.76. The second kappa shape index (κ2) is 6.13. The summed E-state index contributed by atoms with van der Waals surface area (Å²) in [7, 11) is 0. The van der Waals surface area contributed by atoms with Gasteiger partial charge in [0.25, 0.3) is 0 Å². The third kappa shape index (κ3) is 2.93. The van der Waals surface area contributed by atoms with Crippen LogP contribution in [0.15, 0.2) is 42.5 Å². The van der Waals surface area contributed by atoms with Crippen LogP contribution in [-0.2, 0) is 4.79 Å². The van der Waals surface area contributed by atoms with Gasteiger partial charge in [-0.05, 0) is 31.0 Å². The van der Waals surface area contributed by atoms with Crippen molar-refractivity contribution in [2.24, 2.45) is 0 Å². The molecule has 0 bridgehead atoms. The molecule has 0 unspecified atom stereocenters. The van der Waals surface area contributed by atoms with E-state index >= 15 is 0 Å². The predicted molar refractivity (Wildman–Crippen MR) is 80.1 cm³/mol. The summed E-state index contributed by atoms with van der Waals surface area (Å²) in [5.41, 5.74) is 0.779. The Bertz CT molecular complexity index is 690. The van der Waals surface area contributed by atoms with Gasteiger partial charge >= 0.3 is 0 Å². The van der Waals surface area contributed by atoms with Crippen LogP contribution in [0.2, 0.25) is 0 Å². The van der Waals surface area contributed by atoms with Crippen LogP contribution in [0.4, 0.5) is 4.39 Å². The molecule has 22 heavy (non-hydrogen) atoms. The van der Waals surface area contributed by atoms with Crippen molar-refractivity contribution < 1.29 is 13.9 Å². The number of para-hydroxylation sites is 1. The molecule has 1 fully saturated rings. The number of halogens is 1. The molecule has 1 saturated heterocycles. The third-order valence-electron chi connectivity index (χ3n) is 3.79. The fraction of sp³-hybridized carbons (Fsp3) is 0.294. The van der Waals surface area contributed by atoms with E-state index in [-0.39, 0.29) is 17.7 Å². The van der Waals surface area contributed by atoms with Crippen LogP contribution in [0.3, 0.4) is 0 Å². The zero-order valence-electron chi connectivity index (χ0n) is 12.3. The second-order valence-electron chi connectivity index (χ2n) is 5.30. The highest BCUT2D eigenvalue weighted by molar-refractivity contribution is 5.74. The van der Waals surface area contributed by atoms with Crippen LogP contribution in [0.5, 0.6) is 11.6 Å². The lowest BCUT2D eigenvalue weighted by Gasteiger charge is -2.23. The molecule has 5 heteroatoms. The van der Waals surface area contributed by atoms with Crippen molar-refractivity contribution in [3.63, 3.8) is 0 Å². The first-order valence-corrected chi connectivity index (χ1v) is 7.31. The van der Waals surface area contributed by atoms with Gasteiger partial charge in [0.15, 0.2) is 11.6 Å². The number of nitrogens with zero attached hydrogens (tertiary/aromatic N) is 2. The van der Waals surface area contributed by atoms with E-state index in [1.54, 1.807) is 31.2 Å². The molecule has 1 amide bonds. The van der Waals surface area contributed by atoms with Crippen molar-refractivity contribution >= 4 is 5.91 Å². The molecule has 2 heterocycles. The minimum Gasteiger partial charge on any atom is -0.436 e. The Morgan fingerprint density at radius 3 is 2.86 bits per heavy atom. The first kappa shape index (κ1) is 14.5. The van der Waals surface area contributed by atoms with Crippen LogP contribution in [-0.4, -0.2) is 22.3 Å². The highest BCUT2D eigenvalue weighted by atomic mass is 19.1. The monoisotopic (exact) mass is 300 g/mol. The van der Waals surface area contributed by atoms with Gasteiger partial charge in [-0.3, -0.25) is 4.79 Å². The lowest BCUT2D eigenvalue weighted by Crippen LogP contribution is -2.28. The summed E-state index contributed by atoms with van der Waals surface area (Å²) in [4.78, 5) is 17.9. The first-order valence-electron chi connectivity index (χ1n) is 7.31. The zero-order valence-corrected chi connectivity index (χ0v) is 12.3. The smallest absolute Gasteiger partial charge is 0.220 e. The number of hydrogen-bond donors (Lipinski definition) is 0. The van der Waals surface area contributed by atoms with Crippen LogP contribution in [0.1, 0.15) is 31.5 Å². The minimum atomic E-state index is -0.430. The van der Waals surface area contributed by atoms with E-state index in [1.807, 2.05) is 17.0 Å². The van der Waals surface area contributed by atoms with Crippen molar-refractivity contribution in [1.82, 2.24) is 9.88 Å². The van der Waals surface area contributed by atoms with E-state index < -0.39 is 5.82 Å². The number of carbonyl (C=O) groups excluding carboxylic acids is 1. The molecular weight excluding hydrogens is 283 g/mol. The van der Waals surface area contributed by atoms with Crippen molar-refractivity contribution in [2.75, 3.05) is 6.54 Å². The molecule has 1 atom stereocenters. The van der Waals surface area contributed by atoms with Gasteiger partial charge in [-0.15, -0.1) is 0 Å². The average Bonchev–Trinajstić information content (AvgIpc) is 3.00. The third-order valence-corrected chi connectivity index (χ3v) is 3.79. The van der Waals surface area contributed by atoms with Gasteiger partial charge in [-0.2, -0.15) is 0 Å². The Balaban J connectivity index is 1.84. The molecule has 114 valence electrons. The molecule has 0 aliphatic carbocycles. The Labute approximate surface area is 128 Å². The largest absolute Gasteiger partial charge is 0.436 e. The lowest BCUT2D eigenvalue weighted by atomic mass is 10.1. The number of hydrogen-bond acceptors (Lipinski definition) is 3. The summed E-state index contributed by atoms with van der Waals surface area (Å²) in [6.07, 6.45) is 1.85. The van der Waals surface area contributed by atoms with E-state index in [1.165, 1.54) is 6.07 Å². The predicted octanol–water partition coefficient (Wildman–Crippen LogP) is 3.70. The SMILES string of the molecule is CC(=O)N1CCC[C@H]1c1cccc(Oc2ccccc2F)n1. The van der Waals surface area contributed by atoms with E-state index in [9.17, 15) is 9.18 Å². The number of benzene rings is 1. The van der Waals surface area contributed by atoms with Crippen LogP contribution in [0, 0.1) is 5.82 Å². The lowest BCUT2D eigenvalue weighted by molar-refractivity contribution is -0.129. The average molecular weight is 300 g/mol. The zero-order chi connectivity index (χ0) is 15.5. The van der Waals surface area contributed by atoms with Gasteiger partial charge in [0.05, 0.1) is 11.7 Å². The van der Waals surface area contributed by atoms with Crippen molar-refractivity contribution in [2.45, 2.75) is 25.8 Å². The Hall–Kier alpha value is -2.43. The van der Waals surface area contributed by atoms with Gasteiger partial charge in [-0.25, -0.2) is 9.37 Å². The van der Waals surface area contributed by atoms with Gasteiger partial charge in [0, 0.05) is 19.5 Å². The van der Waals surface area contributed by atoms with E-state index in [4.69, 9.17) is 4.74 Å². The summed E-state index contributed by atoms with van der Waals surface area (Å²) >= 11 is 0. The van der Waals surface area contributed by atoms with Crippen molar-refractivity contribution in [3.05, 3.63) is 54.0 Å². The molecule has 1 aliphatic heterocycles. The van der Waals surface area contributed by atoms with Crippen molar-refractivity contribution in [1.29, 1.82) is 0 Å². The summed E-state index contributed by atoms with van der Waals surface area (Å²) < 4.78 is 19.2. The van der Waals surface area contributed by atoms with E-state index in [0.29, 0.717) is 5.88 Å². The highest BCUT2D eigenvalue weighted by Crippen LogP contribution is 2.32. The molecule has 3 rings (SSSR count). The summed E-state index contributed by atoms with van der Waals surface area (Å²) in [5.74, 6) is 0.0886. The maximum Gasteiger partial charge on any atom is 0.220 e. The highest BCUT2D eigenvalue weighted by Gasteiger charge is 2.29. The topological polar surface area (TPSA) is 42.4 Å². The molecular formula is C17H17FN2O2. The molecule has 0 N–H and O–H groups in total. The van der Waals surface area contributed by atoms with Crippen LogP contribution < -0.4 is 4.74 Å². The number of pyridine rings is 1. The summed E-state index contributed by atoms with van der Waals surface area (Å²) in [5, 5.41) is 0. The van der Waals surface area contributed by atoms with Crippen LogP contribution >= 0.6 is 0 Å². The molecule has 1 aromatic carbocycles. The number of carbonyl (C=O) groups is 1. The second-order valence-corrected chi connectivity index (χ2v) is 5.30. The Kier molecular flexibility index (Phi) is 4.04. The van der Waals surface area contributed by atoms with Crippen LogP contribution in [0.25, 0.3) is 0 Å². The molecule has 2 aromatic rings. The number of likely N-dealkylation sites (tertiary alicyclic amines) is 1. The van der Waals surface area contributed by atoms with Gasteiger partial charge in [-0.1, -0.05) is 18.2 Å². The molecule has 1 aliphatic rings. The number of aromatic nitrogens is 1. The summed E-state index contributed by atoms with van der Waals surface area (Å²) in [6.45, 7) is 2.32. The maximum absolute atomic E-state index is 13.6. The normalized spacial score (nSPS) is 17.5. The fourth-order valence-corrected chi connectivity index (χ4v) is 2.76. The van der Waals surface area contributed by atoms with Crippen molar-refractivity contribution in [3.8, 4) is 11.6 Å². The molecule has 0 saturated carbocycles. The van der Waals surface area contributed by atoms with Gasteiger partial charge in [0.2, 0.25) is 11.8 Å².